The van der Waals surface area contributed by atoms with Crippen molar-refractivity contribution in [1.29, 1.82) is 0 Å². The SMILES string of the molecule is CC(C)(C(=O)O)c1ccc(C(O)CCC[NH+]2CCC(C(O)(c3ccccc3)c3ccccc3)CC2)cc1.CCCCC(CC)COC(=O)CC(C(=O)OCC(CC)CCCC)S(=O)(=O)[O-]. The van der Waals surface area contributed by atoms with Gasteiger partial charge in [0.25, 0.3) is 0 Å². The van der Waals surface area contributed by atoms with Crippen LogP contribution in [-0.2, 0) is 45.0 Å². The van der Waals surface area contributed by atoms with Crippen LogP contribution in [0.5, 0.6) is 0 Å². The first-order valence-electron chi connectivity index (χ1n) is 23.9. The molecule has 1 aliphatic heterocycles. The van der Waals surface area contributed by atoms with Gasteiger partial charge in [0.05, 0.1) is 50.8 Å². The van der Waals surface area contributed by atoms with Crippen LogP contribution < -0.4 is 4.90 Å². The lowest BCUT2D eigenvalue weighted by molar-refractivity contribution is -0.906. The molecule has 0 aliphatic carbocycles. The van der Waals surface area contributed by atoms with Crippen molar-refractivity contribution in [3.05, 3.63) is 107 Å². The number of hydrogen-bond acceptors (Lipinski definition) is 10. The molecule has 0 radical (unpaired) electrons. The number of quaternary nitrogens is 1. The van der Waals surface area contributed by atoms with Gasteiger partial charge in [-0.15, -0.1) is 0 Å². The van der Waals surface area contributed by atoms with Crippen molar-refractivity contribution in [3.8, 4) is 0 Å². The number of esters is 2. The van der Waals surface area contributed by atoms with Crippen molar-refractivity contribution < 1.29 is 57.0 Å². The summed E-state index contributed by atoms with van der Waals surface area (Å²) in [5.41, 5.74) is 1.52. The topological polar surface area (TPSA) is 192 Å². The molecule has 1 aliphatic rings. The van der Waals surface area contributed by atoms with Crippen molar-refractivity contribution in [2.45, 2.75) is 147 Å². The first kappa shape index (κ1) is 55.2. The molecule has 362 valence electrons. The number of aliphatic hydroxyl groups is 2. The fourth-order valence-electron chi connectivity index (χ4n) is 8.49. The average molecular weight is 924 g/mol. The van der Waals surface area contributed by atoms with Crippen molar-refractivity contribution in [1.82, 2.24) is 0 Å². The number of hydrogen-bond donors (Lipinski definition) is 4. The summed E-state index contributed by atoms with van der Waals surface area (Å²) in [6.07, 6.45) is 9.49. The molecule has 3 aromatic carbocycles. The summed E-state index contributed by atoms with van der Waals surface area (Å²) in [5.74, 6) is -2.45. The van der Waals surface area contributed by atoms with E-state index in [9.17, 15) is 42.7 Å². The first-order valence-corrected chi connectivity index (χ1v) is 25.3. The molecule has 4 rings (SSSR count). The Morgan fingerprint density at radius 3 is 1.68 bits per heavy atom. The fraction of sp³-hybridized carbons (Fsp3) is 0.596. The van der Waals surface area contributed by atoms with Gasteiger partial charge in [0.15, 0.2) is 5.25 Å². The standard InChI is InChI=1S/C32H39NO4.C20H38O7S/c1-31(2,30(35)36)25-17-15-24(16-18-25)29(34)14-9-21-33-22-19-28(20-23-33)32(37,26-10-5-3-6-11-26)27-12-7-4-8-13-27;1-5-9-11-16(7-3)14-26-19(21)13-18(28(23,24)25)20(22)27-15-17(8-4)12-10-6-2/h3-8,10-13,15-18,28-29,34,37H,9,14,19-23H2,1-2H3,(H,35,36);16-18H,5-15H2,1-4H3,(H,23,24,25). The normalized spacial score (nSPS) is 17.4. The zero-order valence-electron chi connectivity index (χ0n) is 39.7. The van der Waals surface area contributed by atoms with Crippen molar-refractivity contribution >= 4 is 28.0 Å². The van der Waals surface area contributed by atoms with Crippen LogP contribution in [0.3, 0.4) is 0 Å². The number of carbonyl (C=O) groups is 3. The maximum absolute atomic E-state index is 12.1. The second-order valence-electron chi connectivity index (χ2n) is 18.3. The molecule has 0 aromatic heterocycles. The molecule has 4 atom stereocenters. The van der Waals surface area contributed by atoms with Gasteiger partial charge in [-0.3, -0.25) is 14.4 Å². The lowest BCUT2D eigenvalue weighted by Crippen LogP contribution is -3.13. The van der Waals surface area contributed by atoms with E-state index in [0.717, 1.165) is 113 Å². The van der Waals surface area contributed by atoms with E-state index in [4.69, 9.17) is 9.47 Å². The maximum Gasteiger partial charge on any atom is 0.323 e. The number of piperidine rings is 1. The van der Waals surface area contributed by atoms with Crippen LogP contribution >= 0.6 is 0 Å². The van der Waals surface area contributed by atoms with Crippen LogP contribution in [0.2, 0.25) is 0 Å². The van der Waals surface area contributed by atoms with Gasteiger partial charge in [-0.05, 0) is 73.6 Å². The number of aliphatic hydroxyl groups excluding tert-OH is 1. The Balaban J connectivity index is 0.000000362. The second kappa shape index (κ2) is 27.5. The second-order valence-corrected chi connectivity index (χ2v) is 19.9. The molecule has 0 spiro atoms. The minimum atomic E-state index is -5.01. The summed E-state index contributed by atoms with van der Waals surface area (Å²) in [5, 5.41) is 30.1. The van der Waals surface area contributed by atoms with Crippen LogP contribution in [0.4, 0.5) is 0 Å². The predicted octanol–water partition coefficient (Wildman–Crippen LogP) is 7.90. The van der Waals surface area contributed by atoms with Crippen LogP contribution in [0.15, 0.2) is 84.9 Å². The van der Waals surface area contributed by atoms with Crippen LogP contribution in [0.1, 0.15) is 153 Å². The molecule has 13 heteroatoms. The summed E-state index contributed by atoms with van der Waals surface area (Å²) >= 11 is 0. The molecule has 4 unspecified atom stereocenters. The number of unbranched alkanes of at least 4 members (excludes halogenated alkanes) is 2. The molecule has 1 heterocycles. The Kier molecular flexibility index (Phi) is 23.3. The Morgan fingerprint density at radius 1 is 0.738 bits per heavy atom. The quantitative estimate of drug-likeness (QED) is 0.0452. The Bertz CT molecular complexity index is 1910. The molecule has 12 nitrogen and oxygen atoms in total. The molecular formula is C52H77NO11S. The zero-order valence-corrected chi connectivity index (χ0v) is 40.5. The van der Waals surface area contributed by atoms with E-state index in [1.54, 1.807) is 13.8 Å². The van der Waals surface area contributed by atoms with E-state index in [2.05, 4.69) is 13.8 Å². The minimum absolute atomic E-state index is 0.0470. The molecule has 0 bridgehead atoms. The highest BCUT2D eigenvalue weighted by molar-refractivity contribution is 7.87. The van der Waals surface area contributed by atoms with E-state index < -0.39 is 56.8 Å². The van der Waals surface area contributed by atoms with Gasteiger partial charge in [0.1, 0.15) is 15.7 Å². The average Bonchev–Trinajstić information content (AvgIpc) is 3.31. The molecule has 1 saturated heterocycles. The number of benzene rings is 3. The molecule has 3 aromatic rings. The Morgan fingerprint density at radius 2 is 1.23 bits per heavy atom. The van der Waals surface area contributed by atoms with E-state index >= 15 is 0 Å². The molecule has 1 fully saturated rings. The van der Waals surface area contributed by atoms with Gasteiger partial charge in [-0.25, -0.2) is 8.42 Å². The number of nitrogens with one attached hydrogen (secondary N) is 1. The molecule has 0 amide bonds. The van der Waals surface area contributed by atoms with Gasteiger partial charge in [0, 0.05) is 18.8 Å². The largest absolute Gasteiger partial charge is 0.747 e. The number of carboxylic acid groups (broad SMARTS) is 1. The molecule has 0 saturated carbocycles. The Hall–Kier alpha value is -4.14. The van der Waals surface area contributed by atoms with Crippen LogP contribution in [0.25, 0.3) is 0 Å². The lowest BCUT2D eigenvalue weighted by atomic mass is 9.72. The van der Waals surface area contributed by atoms with Gasteiger partial charge in [-0.2, -0.15) is 0 Å². The lowest BCUT2D eigenvalue weighted by Gasteiger charge is -2.41. The molecular weight excluding hydrogens is 847 g/mol. The third-order valence-corrected chi connectivity index (χ3v) is 14.3. The third kappa shape index (κ3) is 17.2. The summed E-state index contributed by atoms with van der Waals surface area (Å²) in [6, 6.07) is 27.4. The number of carbonyl (C=O) groups excluding carboxylic acids is 2. The highest BCUT2D eigenvalue weighted by Crippen LogP contribution is 2.40. The smallest absolute Gasteiger partial charge is 0.323 e. The van der Waals surface area contributed by atoms with Crippen molar-refractivity contribution in [3.63, 3.8) is 0 Å². The van der Waals surface area contributed by atoms with E-state index in [0.29, 0.717) is 6.42 Å². The number of aliphatic carboxylic acids is 1. The fourth-order valence-corrected chi connectivity index (χ4v) is 9.13. The molecule has 65 heavy (non-hydrogen) atoms. The number of carboxylic acids is 1. The number of likely N-dealkylation sites (tertiary alicyclic amines) is 1. The van der Waals surface area contributed by atoms with Gasteiger partial charge in [0.2, 0.25) is 0 Å². The van der Waals surface area contributed by atoms with E-state index in [1.165, 1.54) is 4.90 Å². The molecule has 4 N–H and O–H groups in total. The zero-order chi connectivity index (χ0) is 48.0. The van der Waals surface area contributed by atoms with Crippen LogP contribution in [-0.4, -0.2) is 84.3 Å². The summed E-state index contributed by atoms with van der Waals surface area (Å²) in [7, 11) is -5.01. The van der Waals surface area contributed by atoms with E-state index in [1.807, 2.05) is 98.8 Å². The van der Waals surface area contributed by atoms with Crippen molar-refractivity contribution in [2.75, 3.05) is 32.8 Å². The predicted molar refractivity (Wildman–Crippen MR) is 252 cm³/mol. The third-order valence-electron chi connectivity index (χ3n) is 13.3. The number of rotatable bonds is 26. The summed E-state index contributed by atoms with van der Waals surface area (Å²) in [4.78, 5) is 37.2. The first-order chi connectivity index (χ1) is 30.9. The van der Waals surface area contributed by atoms with Gasteiger partial charge < -0.3 is 34.2 Å². The van der Waals surface area contributed by atoms with Crippen molar-refractivity contribution in [2.24, 2.45) is 17.8 Å². The Labute approximate surface area is 388 Å². The van der Waals surface area contributed by atoms with E-state index in [-0.39, 0.29) is 31.0 Å². The maximum atomic E-state index is 12.1. The number of ether oxygens (including phenoxy) is 2. The van der Waals surface area contributed by atoms with Gasteiger partial charge in [-0.1, -0.05) is 151 Å². The summed E-state index contributed by atoms with van der Waals surface area (Å²) < 4.78 is 44.6. The monoisotopic (exact) mass is 924 g/mol. The van der Waals surface area contributed by atoms with Crippen LogP contribution in [0, 0.1) is 17.8 Å². The highest BCUT2D eigenvalue weighted by atomic mass is 32.2. The highest BCUT2D eigenvalue weighted by Gasteiger charge is 2.42. The summed E-state index contributed by atoms with van der Waals surface area (Å²) in [6.45, 7) is 14.6. The minimum Gasteiger partial charge on any atom is -0.747 e. The van der Waals surface area contributed by atoms with Gasteiger partial charge >= 0.3 is 17.9 Å².